The van der Waals surface area contributed by atoms with Crippen LogP contribution in [0, 0.1) is 12.7 Å². The highest BCUT2D eigenvalue weighted by Gasteiger charge is 2.34. The third-order valence-corrected chi connectivity index (χ3v) is 7.14. The Labute approximate surface area is 190 Å². The smallest absolute Gasteiger partial charge is 0.243 e. The van der Waals surface area contributed by atoms with E-state index in [2.05, 4.69) is 15.5 Å². The summed E-state index contributed by atoms with van der Waals surface area (Å²) in [4.78, 5) is 31.6. The molecule has 2 N–H and O–H groups in total. The van der Waals surface area contributed by atoms with E-state index in [1.165, 1.54) is 6.07 Å². The van der Waals surface area contributed by atoms with E-state index in [1.54, 1.807) is 6.07 Å². The average Bonchev–Trinajstić information content (AvgIpc) is 3.23. The molecule has 0 aromatic heterocycles. The summed E-state index contributed by atoms with van der Waals surface area (Å²) in [5.74, 6) is -0.0840. The third kappa shape index (κ3) is 5.07. The maximum absolute atomic E-state index is 14.2. The fourth-order valence-electron chi connectivity index (χ4n) is 5.36. The molecular formula is C24H36FN5O2. The van der Waals surface area contributed by atoms with Gasteiger partial charge in [-0.05, 0) is 58.3 Å². The number of fused-ring (bicyclic) bond motifs is 1. The Balaban J connectivity index is 1.27. The molecule has 176 valence electrons. The van der Waals surface area contributed by atoms with Crippen LogP contribution in [0.25, 0.3) is 0 Å². The Morgan fingerprint density at radius 1 is 1.19 bits per heavy atom. The second-order valence-electron chi connectivity index (χ2n) is 9.80. The van der Waals surface area contributed by atoms with Gasteiger partial charge in [-0.15, -0.1) is 0 Å². The molecule has 2 fully saturated rings. The van der Waals surface area contributed by atoms with E-state index in [4.69, 9.17) is 0 Å². The van der Waals surface area contributed by atoms with Gasteiger partial charge in [0.15, 0.2) is 0 Å². The molecule has 1 aliphatic carbocycles. The number of nitrogens with one attached hydrogen (secondary N) is 2. The number of carbonyl (C=O) groups is 2. The zero-order chi connectivity index (χ0) is 22.8. The van der Waals surface area contributed by atoms with Crippen molar-refractivity contribution in [2.45, 2.75) is 57.2 Å². The topological polar surface area (TPSA) is 67.9 Å². The fraction of sp³-hybridized carbons (Fsp3) is 0.667. The molecule has 0 radical (unpaired) electrons. The van der Waals surface area contributed by atoms with Gasteiger partial charge in [0.25, 0.3) is 0 Å². The van der Waals surface area contributed by atoms with E-state index < -0.39 is 6.04 Å². The van der Waals surface area contributed by atoms with Gasteiger partial charge in [0, 0.05) is 55.9 Å². The molecule has 0 spiro atoms. The first-order valence-electron chi connectivity index (χ1n) is 11.8. The number of anilines is 1. The minimum Gasteiger partial charge on any atom is -0.373 e. The van der Waals surface area contributed by atoms with Gasteiger partial charge in [0.2, 0.25) is 11.8 Å². The molecule has 1 aromatic rings. The molecule has 2 heterocycles. The zero-order valence-corrected chi connectivity index (χ0v) is 19.5. The first-order chi connectivity index (χ1) is 15.3. The molecule has 1 saturated heterocycles. The van der Waals surface area contributed by atoms with E-state index in [1.807, 2.05) is 30.8 Å². The van der Waals surface area contributed by atoms with Crippen LogP contribution in [0.5, 0.6) is 0 Å². The number of hydrogen-bond donors (Lipinski definition) is 2. The average molecular weight is 446 g/mol. The standard InChI is InChI=1S/C24H36FN5O2/c1-16-7-8-20(25)19-14-21(27-23(16)19)24(32)26-17-5-4-6-18(13-17)29-9-11-30(12-10-29)22(31)15-28(2)3/h7-8,17-18,21,27H,4-6,9-15H2,1-3H3,(H,26,32)/t17-,18+,21?/m1/s1. The minimum absolute atomic E-state index is 0.0373. The third-order valence-electron chi connectivity index (χ3n) is 7.14. The van der Waals surface area contributed by atoms with Crippen molar-refractivity contribution in [2.24, 2.45) is 0 Å². The molecule has 7 nitrogen and oxygen atoms in total. The fourth-order valence-corrected chi connectivity index (χ4v) is 5.36. The number of nitrogens with zero attached hydrogens (tertiary/aromatic N) is 3. The first-order valence-corrected chi connectivity index (χ1v) is 11.8. The number of hydrogen-bond acceptors (Lipinski definition) is 5. The molecule has 1 aromatic carbocycles. The van der Waals surface area contributed by atoms with Crippen molar-refractivity contribution in [3.63, 3.8) is 0 Å². The summed E-state index contributed by atoms with van der Waals surface area (Å²) in [6, 6.07) is 3.41. The number of piperazine rings is 1. The summed E-state index contributed by atoms with van der Waals surface area (Å²) in [5.41, 5.74) is 2.36. The molecule has 8 heteroatoms. The van der Waals surface area contributed by atoms with Crippen LogP contribution >= 0.6 is 0 Å². The quantitative estimate of drug-likeness (QED) is 0.721. The molecule has 2 aliphatic heterocycles. The molecule has 1 saturated carbocycles. The van der Waals surface area contributed by atoms with E-state index in [0.29, 0.717) is 24.6 Å². The number of halogens is 1. The molecular weight excluding hydrogens is 409 g/mol. The lowest BCUT2D eigenvalue weighted by Gasteiger charge is -2.42. The van der Waals surface area contributed by atoms with Gasteiger partial charge < -0.3 is 20.4 Å². The number of rotatable bonds is 5. The van der Waals surface area contributed by atoms with Crippen molar-refractivity contribution < 1.29 is 14.0 Å². The molecule has 32 heavy (non-hydrogen) atoms. The summed E-state index contributed by atoms with van der Waals surface area (Å²) >= 11 is 0. The number of amides is 2. The molecule has 1 unspecified atom stereocenters. The minimum atomic E-state index is -0.410. The van der Waals surface area contributed by atoms with Gasteiger partial charge in [-0.25, -0.2) is 4.39 Å². The number of benzene rings is 1. The lowest BCUT2D eigenvalue weighted by atomic mass is 9.89. The van der Waals surface area contributed by atoms with Gasteiger partial charge in [-0.2, -0.15) is 0 Å². The maximum atomic E-state index is 14.2. The van der Waals surface area contributed by atoms with Crippen LogP contribution < -0.4 is 10.6 Å². The highest BCUT2D eigenvalue weighted by molar-refractivity contribution is 5.88. The molecule has 0 bridgehead atoms. The van der Waals surface area contributed by atoms with Crippen LogP contribution in [0.1, 0.15) is 36.8 Å². The Morgan fingerprint density at radius 3 is 2.62 bits per heavy atom. The second kappa shape index (κ2) is 9.75. The second-order valence-corrected chi connectivity index (χ2v) is 9.80. The van der Waals surface area contributed by atoms with Crippen LogP contribution in [0.2, 0.25) is 0 Å². The summed E-state index contributed by atoms with van der Waals surface area (Å²) in [6.45, 7) is 5.72. The Morgan fingerprint density at radius 2 is 1.94 bits per heavy atom. The van der Waals surface area contributed by atoms with Crippen molar-refractivity contribution in [1.82, 2.24) is 20.0 Å². The Bertz CT molecular complexity index is 822. The van der Waals surface area contributed by atoms with E-state index in [0.717, 1.165) is 63.1 Å². The van der Waals surface area contributed by atoms with Gasteiger partial charge in [0.1, 0.15) is 11.9 Å². The van der Waals surface area contributed by atoms with Crippen LogP contribution in [0.4, 0.5) is 10.1 Å². The largest absolute Gasteiger partial charge is 0.373 e. The Kier molecular flexibility index (Phi) is 7.00. The molecule has 3 atom stereocenters. The van der Waals surface area contributed by atoms with Gasteiger partial charge in [-0.3, -0.25) is 14.5 Å². The van der Waals surface area contributed by atoms with Gasteiger partial charge in [-0.1, -0.05) is 6.07 Å². The van der Waals surface area contributed by atoms with Crippen molar-refractivity contribution in [1.29, 1.82) is 0 Å². The van der Waals surface area contributed by atoms with E-state index in [-0.39, 0.29) is 23.7 Å². The highest BCUT2D eigenvalue weighted by atomic mass is 19.1. The highest BCUT2D eigenvalue weighted by Crippen LogP contribution is 2.32. The summed E-state index contributed by atoms with van der Waals surface area (Å²) in [7, 11) is 3.84. The van der Waals surface area contributed by atoms with Crippen molar-refractivity contribution in [3.05, 3.63) is 29.1 Å². The molecule has 4 rings (SSSR count). The number of aryl methyl sites for hydroxylation is 1. The number of carbonyl (C=O) groups excluding carboxylic acids is 2. The predicted molar refractivity (Wildman–Crippen MR) is 123 cm³/mol. The van der Waals surface area contributed by atoms with Gasteiger partial charge in [0.05, 0.1) is 6.54 Å². The normalized spacial score (nSPS) is 26.0. The zero-order valence-electron chi connectivity index (χ0n) is 19.5. The van der Waals surface area contributed by atoms with Crippen LogP contribution in [-0.4, -0.2) is 91.5 Å². The lowest BCUT2D eigenvalue weighted by Crippen LogP contribution is -2.55. The van der Waals surface area contributed by atoms with Crippen LogP contribution in [0.15, 0.2) is 12.1 Å². The summed E-state index contributed by atoms with van der Waals surface area (Å²) in [6.07, 6.45) is 4.53. The van der Waals surface area contributed by atoms with Crippen LogP contribution in [0.3, 0.4) is 0 Å². The number of likely N-dealkylation sites (N-methyl/N-ethyl adjacent to an activating group) is 1. The molecule has 3 aliphatic rings. The van der Waals surface area contributed by atoms with Crippen molar-refractivity contribution in [3.8, 4) is 0 Å². The SMILES string of the molecule is Cc1ccc(F)c2c1NC(C(=O)N[C@@H]1CCC[C@H](N3CCN(C(=O)CN(C)C)CC3)C1)C2. The van der Waals surface area contributed by atoms with Crippen molar-refractivity contribution in [2.75, 3.05) is 52.1 Å². The van der Waals surface area contributed by atoms with E-state index in [9.17, 15) is 14.0 Å². The summed E-state index contributed by atoms with van der Waals surface area (Å²) in [5, 5.41) is 6.46. The summed E-state index contributed by atoms with van der Waals surface area (Å²) < 4.78 is 14.2. The predicted octanol–water partition coefficient (Wildman–Crippen LogP) is 1.60. The van der Waals surface area contributed by atoms with Crippen molar-refractivity contribution >= 4 is 17.5 Å². The first kappa shape index (κ1) is 23.0. The Hall–Kier alpha value is -2.19. The molecule has 2 amide bonds. The monoisotopic (exact) mass is 445 g/mol. The maximum Gasteiger partial charge on any atom is 0.243 e. The van der Waals surface area contributed by atoms with Crippen LogP contribution in [-0.2, 0) is 16.0 Å². The van der Waals surface area contributed by atoms with Gasteiger partial charge >= 0.3 is 0 Å². The van der Waals surface area contributed by atoms with E-state index >= 15 is 0 Å². The lowest BCUT2D eigenvalue weighted by molar-refractivity contribution is -0.134.